The van der Waals surface area contributed by atoms with Crippen molar-refractivity contribution in [3.8, 4) is 11.8 Å². The Balaban J connectivity index is 2.85. The van der Waals surface area contributed by atoms with E-state index in [4.69, 9.17) is 10.00 Å². The molecule has 0 saturated heterocycles. The van der Waals surface area contributed by atoms with Crippen LogP contribution >= 0.6 is 0 Å². The normalized spacial score (nSPS) is 9.40. The van der Waals surface area contributed by atoms with Crippen LogP contribution in [0.25, 0.3) is 0 Å². The summed E-state index contributed by atoms with van der Waals surface area (Å²) in [5, 5.41) is 8.85. The standard InChI is InChI=1S/C12H13NO2/c1-9(14)3-4-10-5-6-12(15-2)11(7-10)8-13/h5-7H,3-4H2,1-2H3. The largest absolute Gasteiger partial charge is 0.495 e. The third kappa shape index (κ3) is 3.10. The molecule has 0 fully saturated rings. The zero-order valence-corrected chi connectivity index (χ0v) is 8.91. The Kier molecular flexibility index (Phi) is 3.87. The predicted molar refractivity (Wildman–Crippen MR) is 56.7 cm³/mol. The molecule has 0 saturated carbocycles. The Hall–Kier alpha value is -1.82. The van der Waals surface area contributed by atoms with Crippen molar-refractivity contribution >= 4 is 5.78 Å². The van der Waals surface area contributed by atoms with E-state index in [1.807, 2.05) is 6.07 Å². The number of hydrogen-bond donors (Lipinski definition) is 0. The highest BCUT2D eigenvalue weighted by Gasteiger charge is 2.04. The molecule has 1 aromatic carbocycles. The molecule has 0 N–H and O–H groups in total. The predicted octanol–water partition coefficient (Wildman–Crippen LogP) is 2.09. The van der Waals surface area contributed by atoms with Crippen LogP contribution in [0.1, 0.15) is 24.5 Å². The van der Waals surface area contributed by atoms with Crippen molar-refractivity contribution < 1.29 is 9.53 Å². The van der Waals surface area contributed by atoms with Crippen LogP contribution in [-0.4, -0.2) is 12.9 Å². The number of ketones is 1. The minimum atomic E-state index is 0.157. The monoisotopic (exact) mass is 203 g/mol. The molecule has 0 aliphatic heterocycles. The maximum Gasteiger partial charge on any atom is 0.136 e. The number of aryl methyl sites for hydroxylation is 1. The number of nitrogens with zero attached hydrogens (tertiary/aromatic N) is 1. The van der Waals surface area contributed by atoms with E-state index in [0.29, 0.717) is 24.2 Å². The van der Waals surface area contributed by atoms with Crippen LogP contribution in [0, 0.1) is 11.3 Å². The van der Waals surface area contributed by atoms with Gasteiger partial charge in [-0.1, -0.05) is 6.07 Å². The highest BCUT2D eigenvalue weighted by molar-refractivity contribution is 5.75. The number of rotatable bonds is 4. The molecule has 0 heterocycles. The lowest BCUT2D eigenvalue weighted by molar-refractivity contribution is -0.116. The number of hydrogen-bond acceptors (Lipinski definition) is 3. The van der Waals surface area contributed by atoms with Gasteiger partial charge in [0.2, 0.25) is 0 Å². The molecule has 0 amide bonds. The van der Waals surface area contributed by atoms with Gasteiger partial charge in [0.15, 0.2) is 0 Å². The number of Topliss-reactive ketones (excluding diaryl/α,β-unsaturated/α-hetero) is 1. The second kappa shape index (κ2) is 5.16. The van der Waals surface area contributed by atoms with Gasteiger partial charge in [0, 0.05) is 6.42 Å². The van der Waals surface area contributed by atoms with Gasteiger partial charge >= 0.3 is 0 Å². The van der Waals surface area contributed by atoms with E-state index in [1.54, 1.807) is 19.1 Å². The summed E-state index contributed by atoms with van der Waals surface area (Å²) >= 11 is 0. The zero-order chi connectivity index (χ0) is 11.3. The van der Waals surface area contributed by atoms with E-state index in [2.05, 4.69) is 6.07 Å². The molecule has 3 nitrogen and oxygen atoms in total. The molecular formula is C12H13NO2. The van der Waals surface area contributed by atoms with Gasteiger partial charge in [0.1, 0.15) is 17.6 Å². The Labute approximate surface area is 89.3 Å². The lowest BCUT2D eigenvalue weighted by Gasteiger charge is -2.04. The van der Waals surface area contributed by atoms with Gasteiger partial charge in [0.25, 0.3) is 0 Å². The number of carbonyl (C=O) groups is 1. The molecule has 78 valence electrons. The fourth-order valence-corrected chi connectivity index (χ4v) is 1.32. The van der Waals surface area contributed by atoms with Gasteiger partial charge < -0.3 is 9.53 Å². The maximum atomic E-state index is 10.8. The molecule has 0 aliphatic rings. The van der Waals surface area contributed by atoms with Crippen LogP contribution in [0.3, 0.4) is 0 Å². The molecule has 0 radical (unpaired) electrons. The van der Waals surface area contributed by atoms with E-state index in [0.717, 1.165) is 5.56 Å². The summed E-state index contributed by atoms with van der Waals surface area (Å²) in [6, 6.07) is 7.47. The van der Waals surface area contributed by atoms with Gasteiger partial charge in [-0.15, -0.1) is 0 Å². The average Bonchev–Trinajstić information content (AvgIpc) is 2.25. The van der Waals surface area contributed by atoms with E-state index in [-0.39, 0.29) is 5.78 Å². The van der Waals surface area contributed by atoms with Crippen molar-refractivity contribution in [3.63, 3.8) is 0 Å². The molecule has 3 heteroatoms. The molecule has 15 heavy (non-hydrogen) atoms. The molecule has 0 aliphatic carbocycles. The Bertz CT molecular complexity index is 405. The van der Waals surface area contributed by atoms with E-state index in [9.17, 15) is 4.79 Å². The quantitative estimate of drug-likeness (QED) is 0.752. The number of ether oxygens (including phenoxy) is 1. The number of carbonyl (C=O) groups excluding carboxylic acids is 1. The van der Waals surface area contributed by atoms with Crippen LogP contribution in [0.15, 0.2) is 18.2 Å². The van der Waals surface area contributed by atoms with Crippen molar-refractivity contribution in [2.24, 2.45) is 0 Å². The van der Waals surface area contributed by atoms with E-state index >= 15 is 0 Å². The van der Waals surface area contributed by atoms with Gasteiger partial charge in [-0.2, -0.15) is 5.26 Å². The molecule has 0 bridgehead atoms. The summed E-state index contributed by atoms with van der Waals surface area (Å²) in [6.07, 6.45) is 1.19. The molecule has 0 aromatic heterocycles. The van der Waals surface area contributed by atoms with Crippen LogP contribution in [0.5, 0.6) is 5.75 Å². The fraction of sp³-hybridized carbons (Fsp3) is 0.333. The molecule has 1 aromatic rings. The van der Waals surface area contributed by atoms with Crippen molar-refractivity contribution in [1.82, 2.24) is 0 Å². The first kappa shape index (κ1) is 11.3. The highest BCUT2D eigenvalue weighted by Crippen LogP contribution is 2.19. The molecular weight excluding hydrogens is 190 g/mol. The van der Waals surface area contributed by atoms with Crippen molar-refractivity contribution in [1.29, 1.82) is 5.26 Å². The van der Waals surface area contributed by atoms with Crippen LogP contribution in [-0.2, 0) is 11.2 Å². The minimum Gasteiger partial charge on any atom is -0.495 e. The van der Waals surface area contributed by atoms with Gasteiger partial charge in [-0.3, -0.25) is 0 Å². The number of nitriles is 1. The first-order chi connectivity index (χ1) is 7.17. The third-order valence-electron chi connectivity index (χ3n) is 2.15. The zero-order valence-electron chi connectivity index (χ0n) is 8.91. The van der Waals surface area contributed by atoms with Crippen LogP contribution in [0.2, 0.25) is 0 Å². The second-order valence-corrected chi connectivity index (χ2v) is 3.35. The summed E-state index contributed by atoms with van der Waals surface area (Å²) in [6.45, 7) is 1.56. The third-order valence-corrected chi connectivity index (χ3v) is 2.15. The van der Waals surface area contributed by atoms with Crippen LogP contribution < -0.4 is 4.74 Å². The molecule has 1 rings (SSSR count). The topological polar surface area (TPSA) is 50.1 Å². The van der Waals surface area contributed by atoms with Crippen LogP contribution in [0.4, 0.5) is 0 Å². The van der Waals surface area contributed by atoms with E-state index in [1.165, 1.54) is 7.11 Å². The first-order valence-corrected chi connectivity index (χ1v) is 4.74. The first-order valence-electron chi connectivity index (χ1n) is 4.74. The van der Waals surface area contributed by atoms with Crippen molar-refractivity contribution in [2.75, 3.05) is 7.11 Å². The molecule has 0 spiro atoms. The number of methoxy groups -OCH3 is 1. The summed E-state index contributed by atoms with van der Waals surface area (Å²) in [4.78, 5) is 10.8. The number of benzene rings is 1. The minimum absolute atomic E-state index is 0.157. The average molecular weight is 203 g/mol. The van der Waals surface area contributed by atoms with E-state index < -0.39 is 0 Å². The molecule has 0 atom stereocenters. The maximum absolute atomic E-state index is 10.8. The fourth-order valence-electron chi connectivity index (χ4n) is 1.32. The van der Waals surface area contributed by atoms with Gasteiger partial charge in [-0.25, -0.2) is 0 Å². The summed E-state index contributed by atoms with van der Waals surface area (Å²) in [7, 11) is 1.53. The Morgan fingerprint density at radius 2 is 2.27 bits per heavy atom. The van der Waals surface area contributed by atoms with Gasteiger partial charge in [0.05, 0.1) is 12.7 Å². The highest BCUT2D eigenvalue weighted by atomic mass is 16.5. The van der Waals surface area contributed by atoms with Crippen molar-refractivity contribution in [2.45, 2.75) is 19.8 Å². The lowest BCUT2D eigenvalue weighted by Crippen LogP contribution is -1.95. The smallest absolute Gasteiger partial charge is 0.136 e. The second-order valence-electron chi connectivity index (χ2n) is 3.35. The summed E-state index contributed by atoms with van der Waals surface area (Å²) in [5.41, 5.74) is 1.50. The summed E-state index contributed by atoms with van der Waals surface area (Å²) in [5.74, 6) is 0.730. The summed E-state index contributed by atoms with van der Waals surface area (Å²) < 4.78 is 5.03. The lowest BCUT2D eigenvalue weighted by atomic mass is 10.0. The van der Waals surface area contributed by atoms with Crippen molar-refractivity contribution in [3.05, 3.63) is 29.3 Å². The van der Waals surface area contributed by atoms with Gasteiger partial charge in [-0.05, 0) is 31.0 Å². The SMILES string of the molecule is COc1ccc(CCC(C)=O)cc1C#N. The Morgan fingerprint density at radius 1 is 1.53 bits per heavy atom. The molecule has 0 unspecified atom stereocenters. The Morgan fingerprint density at radius 3 is 2.80 bits per heavy atom.